The van der Waals surface area contributed by atoms with Crippen LogP contribution in [0.3, 0.4) is 0 Å². The summed E-state index contributed by atoms with van der Waals surface area (Å²) in [4.78, 5) is 0. The number of benzene rings is 1. The van der Waals surface area contributed by atoms with Crippen LogP contribution >= 0.6 is 15.9 Å². The molecule has 1 N–H and O–H groups in total. The number of alkyl halides is 3. The van der Waals surface area contributed by atoms with Gasteiger partial charge in [-0.15, -0.1) is 0 Å². The lowest BCUT2D eigenvalue weighted by Gasteiger charge is -2.24. The van der Waals surface area contributed by atoms with Crippen molar-refractivity contribution < 1.29 is 18.3 Å². The summed E-state index contributed by atoms with van der Waals surface area (Å²) < 4.78 is 38.8. The monoisotopic (exact) mass is 324 g/mol. The molecule has 1 nitrogen and oxygen atoms in total. The van der Waals surface area contributed by atoms with Crippen molar-refractivity contribution in [3.05, 3.63) is 27.7 Å². The molecule has 5 heteroatoms. The predicted molar refractivity (Wildman–Crippen MR) is 69.0 cm³/mol. The van der Waals surface area contributed by atoms with Crippen LogP contribution in [0.25, 0.3) is 0 Å². The van der Waals surface area contributed by atoms with E-state index in [2.05, 4.69) is 15.9 Å². The lowest BCUT2D eigenvalue weighted by molar-refractivity contribution is -0.146. The molecule has 0 amide bonds. The minimum absolute atomic E-state index is 0.0874. The number of phenols is 1. The molecule has 0 aliphatic heterocycles. The fourth-order valence-electron chi connectivity index (χ4n) is 1.68. The number of hydrogen-bond acceptors (Lipinski definition) is 1. The molecular weight excluding hydrogens is 309 g/mol. The zero-order valence-corrected chi connectivity index (χ0v) is 12.3. The molecule has 0 fully saturated rings. The molecule has 102 valence electrons. The van der Waals surface area contributed by atoms with Gasteiger partial charge in [-0.1, -0.05) is 36.7 Å². The number of rotatable bonds is 1. The third kappa shape index (κ3) is 3.19. The Morgan fingerprint density at radius 3 is 2.06 bits per heavy atom. The Hall–Kier alpha value is -0.710. The quantitative estimate of drug-likeness (QED) is 0.760. The zero-order valence-electron chi connectivity index (χ0n) is 10.7. The summed E-state index contributed by atoms with van der Waals surface area (Å²) >= 11 is 3.28. The van der Waals surface area contributed by atoms with Gasteiger partial charge in [0.05, 0.1) is 5.92 Å². The van der Waals surface area contributed by atoms with E-state index in [-0.39, 0.29) is 16.7 Å². The van der Waals surface area contributed by atoms with Crippen LogP contribution in [-0.2, 0) is 5.41 Å². The maximum atomic E-state index is 12.7. The van der Waals surface area contributed by atoms with E-state index in [1.54, 1.807) is 0 Å². The van der Waals surface area contributed by atoms with E-state index >= 15 is 0 Å². The van der Waals surface area contributed by atoms with Gasteiger partial charge in [0.1, 0.15) is 5.75 Å². The zero-order chi connectivity index (χ0) is 14.3. The van der Waals surface area contributed by atoms with E-state index in [0.29, 0.717) is 4.47 Å². The normalized spacial score (nSPS) is 14.7. The van der Waals surface area contributed by atoms with Crippen molar-refractivity contribution in [2.75, 3.05) is 0 Å². The lowest BCUT2D eigenvalue weighted by atomic mass is 9.84. The van der Waals surface area contributed by atoms with Crippen molar-refractivity contribution in [1.82, 2.24) is 0 Å². The fraction of sp³-hybridized carbons (Fsp3) is 0.538. The molecule has 0 bridgehead atoms. The first-order valence-electron chi connectivity index (χ1n) is 5.54. The molecule has 1 aromatic carbocycles. The summed E-state index contributed by atoms with van der Waals surface area (Å²) in [6.45, 7) is 6.78. The standard InChI is InChI=1S/C13H16BrF3O/c1-7(13(15,16)17)8-5-9(12(2,3)4)10(14)6-11(8)18/h5-7,18H,1-4H3. The Morgan fingerprint density at radius 1 is 1.17 bits per heavy atom. The van der Waals surface area contributed by atoms with Crippen LogP contribution in [0.1, 0.15) is 44.7 Å². The number of phenolic OH excluding ortho intramolecular Hbond substituents is 1. The van der Waals surface area contributed by atoms with Gasteiger partial charge in [0.15, 0.2) is 0 Å². The van der Waals surface area contributed by atoms with Crippen LogP contribution in [0.4, 0.5) is 13.2 Å². The number of halogens is 4. The largest absolute Gasteiger partial charge is 0.508 e. The summed E-state index contributed by atoms with van der Waals surface area (Å²) in [5, 5.41) is 9.69. The highest BCUT2D eigenvalue weighted by molar-refractivity contribution is 9.10. The van der Waals surface area contributed by atoms with Gasteiger partial charge in [-0.3, -0.25) is 0 Å². The van der Waals surface area contributed by atoms with Gasteiger partial charge in [-0.25, -0.2) is 0 Å². The third-order valence-corrected chi connectivity index (χ3v) is 3.54. The molecule has 0 saturated carbocycles. The van der Waals surface area contributed by atoms with E-state index in [4.69, 9.17) is 0 Å². The second-order valence-corrected chi connectivity index (χ2v) is 6.26. The van der Waals surface area contributed by atoms with Crippen LogP contribution in [0, 0.1) is 0 Å². The van der Waals surface area contributed by atoms with Gasteiger partial charge in [0, 0.05) is 10.0 Å². The molecule has 18 heavy (non-hydrogen) atoms. The molecule has 0 aliphatic rings. The van der Waals surface area contributed by atoms with E-state index in [0.717, 1.165) is 12.5 Å². The molecule has 1 aromatic rings. The molecule has 1 atom stereocenters. The Bertz CT molecular complexity index is 447. The molecule has 0 heterocycles. The predicted octanol–water partition coefficient (Wildman–Crippen LogP) is 5.12. The Morgan fingerprint density at radius 2 is 1.67 bits per heavy atom. The first-order chi connectivity index (χ1) is 7.94. The maximum absolute atomic E-state index is 12.7. The van der Waals surface area contributed by atoms with Crippen LogP contribution in [0.5, 0.6) is 5.75 Å². The number of aromatic hydroxyl groups is 1. The van der Waals surface area contributed by atoms with Gasteiger partial charge in [-0.05, 0) is 30.0 Å². The number of hydrogen-bond donors (Lipinski definition) is 1. The van der Waals surface area contributed by atoms with Crippen LogP contribution in [0.15, 0.2) is 16.6 Å². The minimum atomic E-state index is -4.36. The van der Waals surface area contributed by atoms with Crippen LogP contribution < -0.4 is 0 Å². The first kappa shape index (κ1) is 15.3. The molecule has 1 rings (SSSR count). The summed E-state index contributed by atoms with van der Waals surface area (Å²) in [5.41, 5.74) is 0.356. The molecule has 0 saturated heterocycles. The van der Waals surface area contributed by atoms with Gasteiger partial charge in [-0.2, -0.15) is 13.2 Å². The third-order valence-electron chi connectivity index (χ3n) is 2.88. The van der Waals surface area contributed by atoms with Gasteiger partial charge in [0.25, 0.3) is 0 Å². The van der Waals surface area contributed by atoms with E-state index in [1.165, 1.54) is 12.1 Å². The first-order valence-corrected chi connectivity index (χ1v) is 6.33. The summed E-state index contributed by atoms with van der Waals surface area (Å²) in [5.74, 6) is -2.02. The van der Waals surface area contributed by atoms with Crippen LogP contribution in [0.2, 0.25) is 0 Å². The fourth-order valence-corrected chi connectivity index (χ4v) is 2.60. The second-order valence-electron chi connectivity index (χ2n) is 5.40. The van der Waals surface area contributed by atoms with E-state index < -0.39 is 12.1 Å². The molecule has 0 aliphatic carbocycles. The van der Waals surface area contributed by atoms with Crippen LogP contribution in [-0.4, -0.2) is 11.3 Å². The highest BCUT2D eigenvalue weighted by Crippen LogP contribution is 2.42. The highest BCUT2D eigenvalue weighted by atomic mass is 79.9. The summed E-state index contributed by atoms with van der Waals surface area (Å²) in [6.07, 6.45) is -4.36. The Kier molecular flexibility index (Phi) is 4.06. The van der Waals surface area contributed by atoms with Gasteiger partial charge >= 0.3 is 6.18 Å². The average molecular weight is 325 g/mol. The Balaban J connectivity index is 3.39. The van der Waals surface area contributed by atoms with Crippen molar-refractivity contribution in [2.45, 2.75) is 45.2 Å². The second kappa shape index (κ2) is 4.76. The van der Waals surface area contributed by atoms with Crippen molar-refractivity contribution in [2.24, 2.45) is 0 Å². The maximum Gasteiger partial charge on any atom is 0.395 e. The van der Waals surface area contributed by atoms with Crippen molar-refractivity contribution in [3.8, 4) is 5.75 Å². The minimum Gasteiger partial charge on any atom is -0.508 e. The molecular formula is C13H16BrF3O. The van der Waals surface area contributed by atoms with Gasteiger partial charge < -0.3 is 5.11 Å². The molecule has 0 spiro atoms. The molecule has 0 aromatic heterocycles. The smallest absolute Gasteiger partial charge is 0.395 e. The van der Waals surface area contributed by atoms with Gasteiger partial charge in [0.2, 0.25) is 0 Å². The molecule has 1 unspecified atom stereocenters. The highest BCUT2D eigenvalue weighted by Gasteiger charge is 2.39. The van der Waals surface area contributed by atoms with E-state index in [9.17, 15) is 18.3 Å². The molecule has 0 radical (unpaired) electrons. The summed E-state index contributed by atoms with van der Waals surface area (Å²) in [7, 11) is 0. The van der Waals surface area contributed by atoms with Crippen molar-refractivity contribution in [3.63, 3.8) is 0 Å². The van der Waals surface area contributed by atoms with Crippen molar-refractivity contribution >= 4 is 15.9 Å². The topological polar surface area (TPSA) is 20.2 Å². The Labute approximate surface area is 113 Å². The summed E-state index contributed by atoms with van der Waals surface area (Å²) in [6, 6.07) is 2.76. The lowest BCUT2D eigenvalue weighted by Crippen LogP contribution is -2.19. The van der Waals surface area contributed by atoms with E-state index in [1.807, 2.05) is 20.8 Å². The SMILES string of the molecule is CC(c1cc(C(C)(C)C)c(Br)cc1O)C(F)(F)F. The van der Waals surface area contributed by atoms with Crippen molar-refractivity contribution in [1.29, 1.82) is 0 Å². The average Bonchev–Trinajstić information content (AvgIpc) is 2.13.